The van der Waals surface area contributed by atoms with Crippen LogP contribution in [0.2, 0.25) is 5.02 Å². The van der Waals surface area contributed by atoms with Gasteiger partial charge in [-0.25, -0.2) is 4.98 Å². The number of carbonyl (C=O) groups is 1. The van der Waals surface area contributed by atoms with Crippen molar-refractivity contribution in [1.82, 2.24) is 4.98 Å². The van der Waals surface area contributed by atoms with E-state index in [9.17, 15) is 4.79 Å². The lowest BCUT2D eigenvalue weighted by atomic mass is 10.2. The number of carbonyl (C=O) groups excluding carboxylic acids is 1. The molecule has 0 aliphatic carbocycles. The highest BCUT2D eigenvalue weighted by Gasteiger charge is 2.26. The van der Waals surface area contributed by atoms with Crippen LogP contribution in [0.3, 0.4) is 0 Å². The topological polar surface area (TPSA) is 58.7 Å². The third-order valence-electron chi connectivity index (χ3n) is 4.29. The smallest absolute Gasteiger partial charge is 0.292 e. The zero-order valence-electron chi connectivity index (χ0n) is 15.1. The van der Waals surface area contributed by atoms with Crippen molar-refractivity contribution in [1.29, 1.82) is 0 Å². The fraction of sp³-hybridized carbons (Fsp3) is 0. The molecule has 1 amide bonds. The summed E-state index contributed by atoms with van der Waals surface area (Å²) in [5.41, 5.74) is 0.784. The number of furan rings is 1. The number of anilines is 1. The molecule has 148 valence electrons. The largest absolute Gasteiger partial charge is 0.463 e. The van der Waals surface area contributed by atoms with Crippen molar-refractivity contribution >= 4 is 87.8 Å². The minimum atomic E-state index is -0.345. The average molecular weight is 517 g/mol. The Morgan fingerprint density at radius 2 is 2.00 bits per heavy atom. The van der Waals surface area contributed by atoms with Crippen LogP contribution in [-0.2, 0) is 0 Å². The van der Waals surface area contributed by atoms with Crippen molar-refractivity contribution in [2.45, 2.75) is 0 Å². The van der Waals surface area contributed by atoms with E-state index >= 15 is 0 Å². The number of thiazole rings is 1. The van der Waals surface area contributed by atoms with E-state index < -0.39 is 0 Å². The van der Waals surface area contributed by atoms with Gasteiger partial charge in [0.05, 0.1) is 27.7 Å². The number of hydrogen-bond donors (Lipinski definition) is 0. The summed E-state index contributed by atoms with van der Waals surface area (Å²) in [6, 6.07) is 16.9. The first kappa shape index (κ1) is 19.4. The summed E-state index contributed by atoms with van der Waals surface area (Å²) in [6.45, 7) is 0. The highest BCUT2D eigenvalue weighted by atomic mass is 79.9. The minimum absolute atomic E-state index is 0.345. The number of amides is 1. The number of benzene rings is 2. The van der Waals surface area contributed by atoms with Gasteiger partial charge < -0.3 is 4.42 Å². The Morgan fingerprint density at radius 3 is 2.80 bits per heavy atom. The van der Waals surface area contributed by atoms with Crippen molar-refractivity contribution in [3.05, 3.63) is 81.0 Å². The summed E-state index contributed by atoms with van der Waals surface area (Å²) in [6.07, 6.45) is 3.03. The minimum Gasteiger partial charge on any atom is -0.463 e. The van der Waals surface area contributed by atoms with E-state index in [1.165, 1.54) is 33.9 Å². The molecule has 0 unspecified atom stereocenters. The fourth-order valence-electron chi connectivity index (χ4n) is 2.89. The molecule has 0 radical (unpaired) electrons. The first-order valence-electron chi connectivity index (χ1n) is 8.75. The van der Waals surface area contributed by atoms with Gasteiger partial charge in [-0.2, -0.15) is 10.1 Å². The highest BCUT2D eigenvalue weighted by molar-refractivity contribution is 9.10. The molecule has 3 heterocycles. The summed E-state index contributed by atoms with van der Waals surface area (Å²) in [4.78, 5) is 18.5. The van der Waals surface area contributed by atoms with Gasteiger partial charge in [0, 0.05) is 14.6 Å². The molecule has 0 saturated heterocycles. The molecule has 5 nitrogen and oxygen atoms in total. The summed E-state index contributed by atoms with van der Waals surface area (Å²) in [5.74, 6) is 0.182. The van der Waals surface area contributed by atoms with E-state index in [4.69, 9.17) is 16.0 Å². The van der Waals surface area contributed by atoms with Crippen LogP contribution in [0.25, 0.3) is 20.3 Å². The summed E-state index contributed by atoms with van der Waals surface area (Å²) >= 11 is 12.7. The van der Waals surface area contributed by atoms with Crippen molar-refractivity contribution in [3.8, 4) is 0 Å². The third-order valence-corrected chi connectivity index (χ3v) is 7.44. The molecule has 0 fully saturated rings. The fourth-order valence-corrected chi connectivity index (χ4v) is 5.80. The number of thiophene rings is 1. The standard InChI is InChI=1S/C21H11BrClN3O2S2/c22-12-7-8-15-17(10-12)30-21(25-15)26(24-11-13-4-3-9-28-13)20(27)19-18(23)14-5-1-2-6-16(14)29-19/h1-11H/b24-11+. The molecule has 2 aromatic carbocycles. The zero-order valence-corrected chi connectivity index (χ0v) is 19.1. The number of hydrazone groups is 1. The molecule has 9 heteroatoms. The molecule has 5 aromatic rings. The molecule has 3 aromatic heterocycles. The molecular formula is C21H11BrClN3O2S2. The zero-order chi connectivity index (χ0) is 20.7. The van der Waals surface area contributed by atoms with Crippen LogP contribution in [0.4, 0.5) is 5.13 Å². The highest BCUT2D eigenvalue weighted by Crippen LogP contribution is 2.38. The number of hydrogen-bond acceptors (Lipinski definition) is 6. The second kappa shape index (κ2) is 7.96. The predicted octanol–water partition coefficient (Wildman–Crippen LogP) is 7.20. The van der Waals surface area contributed by atoms with Gasteiger partial charge in [-0.1, -0.05) is 57.1 Å². The molecule has 0 N–H and O–H groups in total. The van der Waals surface area contributed by atoms with Gasteiger partial charge in [-0.15, -0.1) is 11.3 Å². The first-order valence-corrected chi connectivity index (χ1v) is 11.6. The molecule has 0 atom stereocenters. The number of halogens is 2. The monoisotopic (exact) mass is 515 g/mol. The molecule has 0 bridgehead atoms. The summed E-state index contributed by atoms with van der Waals surface area (Å²) < 4.78 is 8.13. The normalized spacial score (nSPS) is 11.7. The van der Waals surface area contributed by atoms with Crippen LogP contribution in [0.15, 0.2) is 74.9 Å². The Labute approximate surface area is 192 Å². The average Bonchev–Trinajstić information content (AvgIpc) is 3.47. The predicted molar refractivity (Wildman–Crippen MR) is 127 cm³/mol. The van der Waals surface area contributed by atoms with Gasteiger partial charge in [0.1, 0.15) is 10.6 Å². The molecule has 5 rings (SSSR count). The lowest BCUT2D eigenvalue weighted by Crippen LogP contribution is -2.25. The maximum absolute atomic E-state index is 13.5. The van der Waals surface area contributed by atoms with Gasteiger partial charge in [-0.05, 0) is 36.4 Å². The second-order valence-electron chi connectivity index (χ2n) is 6.23. The van der Waals surface area contributed by atoms with Gasteiger partial charge in [0.2, 0.25) is 5.13 Å². The molecule has 0 saturated carbocycles. The van der Waals surface area contributed by atoms with Crippen LogP contribution in [0, 0.1) is 0 Å². The molecule has 0 spiro atoms. The Kier molecular flexibility index (Phi) is 5.16. The Balaban J connectivity index is 1.62. The lowest BCUT2D eigenvalue weighted by Gasteiger charge is -2.12. The van der Waals surface area contributed by atoms with Crippen molar-refractivity contribution in [2.75, 3.05) is 5.01 Å². The number of nitrogens with zero attached hydrogens (tertiary/aromatic N) is 3. The molecular weight excluding hydrogens is 506 g/mol. The second-order valence-corrected chi connectivity index (χ2v) is 9.58. The number of rotatable bonds is 4. The van der Waals surface area contributed by atoms with E-state index in [2.05, 4.69) is 26.0 Å². The molecule has 30 heavy (non-hydrogen) atoms. The molecule has 0 aliphatic heterocycles. The first-order chi connectivity index (χ1) is 14.6. The van der Waals surface area contributed by atoms with Crippen LogP contribution in [0.5, 0.6) is 0 Å². The number of fused-ring (bicyclic) bond motifs is 2. The van der Waals surface area contributed by atoms with Gasteiger partial charge in [0.25, 0.3) is 5.91 Å². The summed E-state index contributed by atoms with van der Waals surface area (Å²) in [5, 5.41) is 7.38. The Morgan fingerprint density at radius 1 is 1.13 bits per heavy atom. The lowest BCUT2D eigenvalue weighted by molar-refractivity contribution is 0.0992. The van der Waals surface area contributed by atoms with Crippen LogP contribution >= 0.6 is 50.2 Å². The van der Waals surface area contributed by atoms with E-state index in [1.807, 2.05) is 42.5 Å². The SMILES string of the molecule is O=C(c1sc2ccccc2c1Cl)N(/N=C/c1ccco1)c1nc2ccc(Br)cc2s1. The van der Waals surface area contributed by atoms with Crippen LogP contribution in [0.1, 0.15) is 15.4 Å². The van der Waals surface area contributed by atoms with E-state index in [0.717, 1.165) is 24.8 Å². The quantitative estimate of drug-likeness (QED) is 0.187. The third kappa shape index (κ3) is 3.56. The Hall–Kier alpha value is -2.52. The van der Waals surface area contributed by atoms with Gasteiger partial charge >= 0.3 is 0 Å². The van der Waals surface area contributed by atoms with Crippen molar-refractivity contribution in [3.63, 3.8) is 0 Å². The van der Waals surface area contributed by atoms with Crippen molar-refractivity contribution < 1.29 is 9.21 Å². The maximum atomic E-state index is 13.5. The van der Waals surface area contributed by atoms with Crippen molar-refractivity contribution in [2.24, 2.45) is 5.10 Å². The van der Waals surface area contributed by atoms with Crippen LogP contribution < -0.4 is 5.01 Å². The molecule has 0 aliphatic rings. The maximum Gasteiger partial charge on any atom is 0.292 e. The van der Waals surface area contributed by atoms with Gasteiger partial charge in [0.15, 0.2) is 0 Å². The van der Waals surface area contributed by atoms with Gasteiger partial charge in [-0.3, -0.25) is 4.79 Å². The number of aromatic nitrogens is 1. The van der Waals surface area contributed by atoms with E-state index in [0.29, 0.717) is 20.8 Å². The summed E-state index contributed by atoms with van der Waals surface area (Å²) in [7, 11) is 0. The van der Waals surface area contributed by atoms with Crippen LogP contribution in [-0.4, -0.2) is 17.1 Å². The van der Waals surface area contributed by atoms with E-state index in [-0.39, 0.29) is 5.91 Å². The Bertz CT molecular complexity index is 1410. The van der Waals surface area contributed by atoms with E-state index in [1.54, 1.807) is 18.4 Å².